The summed E-state index contributed by atoms with van der Waals surface area (Å²) in [5, 5.41) is 0.660. The van der Waals surface area contributed by atoms with E-state index in [9.17, 15) is 4.79 Å². The van der Waals surface area contributed by atoms with E-state index in [0.717, 1.165) is 11.1 Å². The Morgan fingerprint density at radius 1 is 1.36 bits per heavy atom. The minimum Gasteiger partial charge on any atom is -0.439 e. The highest BCUT2D eigenvalue weighted by atomic mass is 35.5. The maximum absolute atomic E-state index is 11.3. The summed E-state index contributed by atoms with van der Waals surface area (Å²) < 4.78 is 11.8. The molecule has 22 heavy (non-hydrogen) atoms. The van der Waals surface area contributed by atoms with Gasteiger partial charge < -0.3 is 14.9 Å². The fourth-order valence-electron chi connectivity index (χ4n) is 2.51. The summed E-state index contributed by atoms with van der Waals surface area (Å²) in [5.74, 6) is 0. The summed E-state index contributed by atoms with van der Waals surface area (Å²) in [6, 6.07) is 5.69. The molecule has 6 heteroatoms. The van der Waals surface area contributed by atoms with Gasteiger partial charge in [0.1, 0.15) is 0 Å². The maximum atomic E-state index is 11.3. The lowest BCUT2D eigenvalue weighted by Crippen LogP contribution is -2.45. The van der Waals surface area contributed by atoms with E-state index >= 15 is 0 Å². The van der Waals surface area contributed by atoms with Crippen LogP contribution in [0.15, 0.2) is 18.2 Å². The monoisotopic (exact) mass is 341 g/mol. The number of hydrogen-bond donors (Lipinski definition) is 1. The Morgan fingerprint density at radius 2 is 2.00 bits per heavy atom. The van der Waals surface area contributed by atoms with Gasteiger partial charge in [-0.2, -0.15) is 0 Å². The molecule has 1 aliphatic rings. The topological polar surface area (TPSA) is 61.6 Å². The van der Waals surface area contributed by atoms with E-state index in [1.807, 2.05) is 12.1 Å². The Hall–Kier alpha value is -1.04. The van der Waals surface area contributed by atoms with E-state index in [0.29, 0.717) is 11.4 Å². The Bertz CT molecular complexity index is 583. The second-order valence-electron chi connectivity index (χ2n) is 7.29. The lowest BCUT2D eigenvalue weighted by molar-refractivity contribution is 0.0233. The van der Waals surface area contributed by atoms with Gasteiger partial charge in [0, 0.05) is 17.0 Å². The molecule has 0 bridgehead atoms. The van der Waals surface area contributed by atoms with Gasteiger partial charge in [-0.1, -0.05) is 44.5 Å². The zero-order valence-corrected chi connectivity index (χ0v) is 15.5. The molecule has 0 saturated carbocycles. The Labute approximate surface area is 138 Å². The SMILES string of the molecule is CC(C)(C)[Si](C)(C)O[C@H]1Cc2cccc(Cl)c2[C@H]1OC(N)=O. The van der Waals surface area contributed by atoms with Gasteiger partial charge in [-0.05, 0) is 29.8 Å². The van der Waals surface area contributed by atoms with Crippen LogP contribution in [0.5, 0.6) is 0 Å². The molecule has 0 radical (unpaired) electrons. The highest BCUT2D eigenvalue weighted by Crippen LogP contribution is 2.45. The number of amides is 1. The molecule has 2 atom stereocenters. The van der Waals surface area contributed by atoms with Crippen LogP contribution in [-0.4, -0.2) is 20.5 Å². The number of primary amides is 1. The van der Waals surface area contributed by atoms with Crippen LogP contribution in [0.2, 0.25) is 23.2 Å². The van der Waals surface area contributed by atoms with Crippen molar-refractivity contribution in [1.82, 2.24) is 0 Å². The average molecular weight is 342 g/mol. The van der Waals surface area contributed by atoms with Gasteiger partial charge in [-0.15, -0.1) is 0 Å². The quantitative estimate of drug-likeness (QED) is 0.827. The number of benzene rings is 1. The van der Waals surface area contributed by atoms with E-state index in [2.05, 4.69) is 33.9 Å². The van der Waals surface area contributed by atoms with E-state index in [4.69, 9.17) is 26.5 Å². The maximum Gasteiger partial charge on any atom is 0.405 e. The van der Waals surface area contributed by atoms with Crippen LogP contribution < -0.4 is 5.73 Å². The van der Waals surface area contributed by atoms with Crippen molar-refractivity contribution in [2.75, 3.05) is 0 Å². The van der Waals surface area contributed by atoms with Crippen LogP contribution >= 0.6 is 11.6 Å². The Balaban J connectivity index is 2.33. The number of ether oxygens (including phenoxy) is 1. The van der Waals surface area contributed by atoms with Crippen molar-refractivity contribution in [2.45, 2.75) is 57.5 Å². The molecule has 1 aliphatic carbocycles. The van der Waals surface area contributed by atoms with E-state index in [1.165, 1.54) is 0 Å². The first-order valence-electron chi connectivity index (χ1n) is 7.44. The lowest BCUT2D eigenvalue weighted by atomic mass is 10.1. The van der Waals surface area contributed by atoms with Crippen LogP contribution in [0.1, 0.15) is 38.0 Å². The number of halogens is 1. The minimum absolute atomic E-state index is 0.0723. The van der Waals surface area contributed by atoms with E-state index in [-0.39, 0.29) is 11.1 Å². The first kappa shape index (κ1) is 17.3. The first-order chi connectivity index (χ1) is 10.0. The largest absolute Gasteiger partial charge is 0.439 e. The summed E-state index contributed by atoms with van der Waals surface area (Å²) in [5.41, 5.74) is 7.13. The zero-order chi connectivity index (χ0) is 16.7. The van der Waals surface area contributed by atoms with Crippen molar-refractivity contribution in [1.29, 1.82) is 0 Å². The Morgan fingerprint density at radius 3 is 2.55 bits per heavy atom. The summed E-state index contributed by atoms with van der Waals surface area (Å²) in [6.45, 7) is 10.9. The summed E-state index contributed by atoms with van der Waals surface area (Å²) in [7, 11) is -1.99. The number of nitrogens with two attached hydrogens (primary N) is 1. The molecular weight excluding hydrogens is 318 g/mol. The molecular formula is C16H24ClNO3Si. The van der Waals surface area contributed by atoms with Crippen LogP contribution in [0.3, 0.4) is 0 Å². The van der Waals surface area contributed by atoms with Crippen LogP contribution in [0.4, 0.5) is 4.79 Å². The molecule has 2 N–H and O–H groups in total. The van der Waals surface area contributed by atoms with Gasteiger partial charge in [0.2, 0.25) is 0 Å². The third-order valence-electron chi connectivity index (χ3n) is 4.68. The number of rotatable bonds is 3. The molecule has 0 saturated heterocycles. The van der Waals surface area contributed by atoms with Gasteiger partial charge in [-0.25, -0.2) is 4.79 Å². The van der Waals surface area contributed by atoms with Crippen molar-refractivity contribution in [2.24, 2.45) is 5.73 Å². The second kappa shape index (κ2) is 5.87. The molecule has 1 amide bonds. The molecule has 0 spiro atoms. The number of carbonyl (C=O) groups excluding carboxylic acids is 1. The van der Waals surface area contributed by atoms with Crippen molar-refractivity contribution in [3.05, 3.63) is 34.3 Å². The molecule has 1 aromatic carbocycles. The molecule has 0 heterocycles. The fraction of sp³-hybridized carbons (Fsp3) is 0.562. The van der Waals surface area contributed by atoms with Crippen LogP contribution in [0.25, 0.3) is 0 Å². The van der Waals surface area contributed by atoms with E-state index in [1.54, 1.807) is 6.07 Å². The molecule has 4 nitrogen and oxygen atoms in total. The second-order valence-corrected chi connectivity index (χ2v) is 12.5. The molecule has 0 aromatic heterocycles. The lowest BCUT2D eigenvalue weighted by Gasteiger charge is -2.39. The molecule has 2 rings (SSSR count). The average Bonchev–Trinajstić information content (AvgIpc) is 2.65. The number of carbonyl (C=O) groups is 1. The van der Waals surface area contributed by atoms with Gasteiger partial charge in [0.15, 0.2) is 14.4 Å². The van der Waals surface area contributed by atoms with Gasteiger partial charge in [0.25, 0.3) is 0 Å². The third kappa shape index (κ3) is 3.31. The van der Waals surface area contributed by atoms with Crippen LogP contribution in [-0.2, 0) is 15.6 Å². The summed E-state index contributed by atoms with van der Waals surface area (Å²) in [4.78, 5) is 11.3. The van der Waals surface area contributed by atoms with Crippen LogP contribution in [0, 0.1) is 0 Å². The third-order valence-corrected chi connectivity index (χ3v) is 9.52. The number of fused-ring (bicyclic) bond motifs is 1. The van der Waals surface area contributed by atoms with Gasteiger partial charge in [0.05, 0.1) is 6.10 Å². The first-order valence-corrected chi connectivity index (χ1v) is 10.7. The molecule has 0 aliphatic heterocycles. The molecule has 1 aromatic rings. The standard InChI is InChI=1S/C16H24ClNO3Si/c1-16(2,3)22(4,5)21-12-9-10-7-6-8-11(17)13(10)14(12)20-15(18)19/h6-8,12,14H,9H2,1-5H3,(H2,18,19)/t12-,14-/m0/s1. The molecule has 0 unspecified atom stereocenters. The highest BCUT2D eigenvalue weighted by molar-refractivity contribution is 6.74. The van der Waals surface area contributed by atoms with Crippen molar-refractivity contribution >= 4 is 26.0 Å². The normalized spacial score (nSPS) is 21.5. The summed E-state index contributed by atoms with van der Waals surface area (Å²) >= 11 is 6.30. The van der Waals surface area contributed by atoms with E-state index < -0.39 is 20.5 Å². The fourth-order valence-corrected chi connectivity index (χ4v) is 4.13. The Kier molecular flexibility index (Phi) is 4.62. The highest BCUT2D eigenvalue weighted by Gasteiger charge is 2.45. The zero-order valence-electron chi connectivity index (χ0n) is 13.8. The van der Waals surface area contributed by atoms with Crippen molar-refractivity contribution in [3.8, 4) is 0 Å². The predicted octanol–water partition coefficient (Wildman–Crippen LogP) is 4.42. The van der Waals surface area contributed by atoms with Crippen molar-refractivity contribution in [3.63, 3.8) is 0 Å². The van der Waals surface area contributed by atoms with Gasteiger partial charge >= 0.3 is 6.09 Å². The number of hydrogen-bond acceptors (Lipinski definition) is 3. The predicted molar refractivity (Wildman–Crippen MR) is 90.6 cm³/mol. The molecule has 0 fully saturated rings. The van der Waals surface area contributed by atoms with Gasteiger partial charge in [-0.3, -0.25) is 0 Å². The van der Waals surface area contributed by atoms with Crippen molar-refractivity contribution < 1.29 is 14.0 Å². The molecule has 122 valence electrons. The minimum atomic E-state index is -1.99. The summed E-state index contributed by atoms with van der Waals surface area (Å²) in [6.07, 6.45) is -0.888. The smallest absolute Gasteiger partial charge is 0.405 e.